The van der Waals surface area contributed by atoms with Gasteiger partial charge < -0.3 is 0 Å². The molecular weight excluding hydrogens is 789 g/mol. The van der Waals surface area contributed by atoms with Crippen LogP contribution in [0.5, 0.6) is 0 Å². The van der Waals surface area contributed by atoms with Crippen molar-refractivity contribution in [1.82, 2.24) is 15.0 Å². The summed E-state index contributed by atoms with van der Waals surface area (Å²) >= 11 is 0. The van der Waals surface area contributed by atoms with Crippen LogP contribution in [0.1, 0.15) is 22.3 Å². The highest BCUT2D eigenvalue weighted by molar-refractivity contribution is 6.55. The molecular formula is C55H35B8N3. The second kappa shape index (κ2) is 17.9. The SMILES string of the molecule is [B]C([B])(c1cccnc1)C([B])([B])c1cc(-c2ccccc2-c2cnc(-c3ccccc3)cc2-c2ccc(-c3ccc(-c4ccccc4)cc3)cc2)cc(C([B])([B])C([B])([B])c2cccnc2)c1. The van der Waals surface area contributed by atoms with Gasteiger partial charge in [0.15, 0.2) is 0 Å². The molecule has 0 amide bonds. The molecule has 0 aliphatic heterocycles. The van der Waals surface area contributed by atoms with Gasteiger partial charge in [-0.05, 0) is 79.4 Å². The first kappa shape index (κ1) is 44.5. The quantitative estimate of drug-likeness (QED) is 0.116. The lowest BCUT2D eigenvalue weighted by atomic mass is 9.25. The summed E-state index contributed by atoms with van der Waals surface area (Å²) in [6.07, 6.45) is 8.18. The molecule has 0 unspecified atom stereocenters. The predicted molar refractivity (Wildman–Crippen MR) is 278 cm³/mol. The van der Waals surface area contributed by atoms with E-state index in [0.29, 0.717) is 27.8 Å². The highest BCUT2D eigenvalue weighted by atomic mass is 14.7. The van der Waals surface area contributed by atoms with E-state index in [1.54, 1.807) is 42.7 Å². The molecule has 6 aromatic carbocycles. The molecule has 3 nitrogen and oxygen atoms in total. The minimum absolute atomic E-state index is 0.311. The van der Waals surface area contributed by atoms with E-state index in [4.69, 9.17) is 67.8 Å². The van der Waals surface area contributed by atoms with Gasteiger partial charge in [-0.2, -0.15) is 0 Å². The fourth-order valence-electron chi connectivity index (χ4n) is 8.40. The summed E-state index contributed by atoms with van der Waals surface area (Å²) in [5, 5.41) is -7.54. The molecule has 11 heteroatoms. The number of rotatable bonds is 12. The van der Waals surface area contributed by atoms with Gasteiger partial charge in [-0.25, -0.2) is 0 Å². The normalized spacial score (nSPS) is 12.1. The Kier molecular flexibility index (Phi) is 12.1. The van der Waals surface area contributed by atoms with Gasteiger partial charge in [-0.3, -0.25) is 15.0 Å². The summed E-state index contributed by atoms with van der Waals surface area (Å²) in [5.74, 6) is 0. The zero-order valence-electron chi connectivity index (χ0n) is 36.2. The van der Waals surface area contributed by atoms with Crippen molar-refractivity contribution in [1.29, 1.82) is 0 Å². The highest BCUT2D eigenvalue weighted by Gasteiger charge is 2.41. The predicted octanol–water partition coefficient (Wildman–Crippen LogP) is 9.23. The highest BCUT2D eigenvalue weighted by Crippen LogP contribution is 2.45. The average molecular weight is 824 g/mol. The molecule has 0 N–H and O–H groups in total. The first-order valence-corrected chi connectivity index (χ1v) is 21.5. The van der Waals surface area contributed by atoms with Crippen LogP contribution in [0.2, 0.25) is 0 Å². The van der Waals surface area contributed by atoms with Gasteiger partial charge in [-0.1, -0.05) is 196 Å². The van der Waals surface area contributed by atoms with E-state index in [9.17, 15) is 0 Å². The second-order valence-corrected chi connectivity index (χ2v) is 16.8. The zero-order chi connectivity index (χ0) is 46.1. The maximum Gasteiger partial charge on any atom is 0.0708 e. The van der Waals surface area contributed by atoms with Gasteiger partial charge in [0.2, 0.25) is 0 Å². The van der Waals surface area contributed by atoms with Crippen LogP contribution in [0.15, 0.2) is 213 Å². The molecule has 66 heavy (non-hydrogen) atoms. The topological polar surface area (TPSA) is 38.7 Å². The van der Waals surface area contributed by atoms with Gasteiger partial charge in [0.1, 0.15) is 0 Å². The van der Waals surface area contributed by atoms with Crippen LogP contribution in [-0.2, 0) is 20.9 Å². The Hall–Kier alpha value is -6.71. The number of aromatic nitrogens is 3. The van der Waals surface area contributed by atoms with Crippen molar-refractivity contribution in [3.63, 3.8) is 0 Å². The molecule has 3 heterocycles. The zero-order valence-corrected chi connectivity index (χ0v) is 36.2. The lowest BCUT2D eigenvalue weighted by molar-refractivity contribution is 0.703. The van der Waals surface area contributed by atoms with E-state index in [1.165, 1.54) is 18.0 Å². The third-order valence-electron chi connectivity index (χ3n) is 12.6. The van der Waals surface area contributed by atoms with E-state index < -0.39 is 20.9 Å². The van der Waals surface area contributed by atoms with Crippen molar-refractivity contribution in [2.24, 2.45) is 0 Å². The van der Waals surface area contributed by atoms with Crippen molar-refractivity contribution < 1.29 is 0 Å². The van der Waals surface area contributed by atoms with Gasteiger partial charge in [0, 0.05) is 42.1 Å². The van der Waals surface area contributed by atoms with Gasteiger partial charge >= 0.3 is 0 Å². The monoisotopic (exact) mass is 825 g/mol. The fraction of sp³-hybridized carbons (Fsp3) is 0.0727. The number of hydrogen-bond acceptors (Lipinski definition) is 3. The Morgan fingerprint density at radius 2 is 0.682 bits per heavy atom. The van der Waals surface area contributed by atoms with Crippen molar-refractivity contribution >= 4 is 62.8 Å². The van der Waals surface area contributed by atoms with Gasteiger partial charge in [0.05, 0.1) is 68.5 Å². The Morgan fingerprint density at radius 1 is 0.273 bits per heavy atom. The summed E-state index contributed by atoms with van der Waals surface area (Å²) in [7, 11) is 55.8. The lowest BCUT2D eigenvalue weighted by Gasteiger charge is -2.48. The Bertz CT molecular complexity index is 3030. The Labute approximate surface area is 398 Å². The Balaban J connectivity index is 1.20. The minimum atomic E-state index is -1.93. The maximum atomic E-state index is 7.07. The van der Waals surface area contributed by atoms with Gasteiger partial charge in [-0.15, -0.1) is 0 Å². The summed E-state index contributed by atoms with van der Waals surface area (Å²) in [5.41, 5.74) is 12.8. The van der Waals surface area contributed by atoms with E-state index in [1.807, 2.05) is 91.1 Å². The summed E-state index contributed by atoms with van der Waals surface area (Å²) < 4.78 is 0. The smallest absolute Gasteiger partial charge is 0.0708 e. The molecule has 0 saturated heterocycles. The van der Waals surface area contributed by atoms with Crippen LogP contribution < -0.4 is 0 Å². The average Bonchev–Trinajstić information content (AvgIpc) is 3.37. The summed E-state index contributed by atoms with van der Waals surface area (Å²) in [4.78, 5) is 13.5. The van der Waals surface area contributed by atoms with Crippen molar-refractivity contribution in [3.8, 4) is 66.9 Å². The minimum Gasteiger partial charge on any atom is -0.264 e. The van der Waals surface area contributed by atoms with E-state index in [0.717, 1.165) is 55.8 Å². The fourth-order valence-corrected chi connectivity index (χ4v) is 8.40. The first-order valence-electron chi connectivity index (χ1n) is 21.5. The molecule has 9 rings (SSSR count). The first-order chi connectivity index (χ1) is 31.8. The standard InChI is InChI=1S/C55H35B8N3/c56-52(57,43-15-9-27-64-33-43)54(60,61)45-29-42(30-46(31-45)55(62,63)53(58,59)44-16-10-28-65-34-44)47-17-7-8-18-48(47)50-35-66-51(41-13-5-2-6-14-41)32-49(50)40-25-23-39(24-26-40)38-21-19-37(20-22-38)36-11-3-1-4-12-36/h1-35H. The van der Waals surface area contributed by atoms with Crippen LogP contribution in [-0.4, -0.2) is 77.7 Å². The molecule has 0 saturated carbocycles. The number of benzene rings is 6. The maximum absolute atomic E-state index is 7.07. The largest absolute Gasteiger partial charge is 0.264 e. The Morgan fingerprint density at radius 3 is 1.15 bits per heavy atom. The van der Waals surface area contributed by atoms with Crippen LogP contribution in [0, 0.1) is 0 Å². The molecule has 0 bridgehead atoms. The molecule has 0 atom stereocenters. The molecule has 0 fully saturated rings. The molecule has 9 aromatic rings. The van der Waals surface area contributed by atoms with E-state index >= 15 is 0 Å². The molecule has 3 aromatic heterocycles. The third-order valence-corrected chi connectivity index (χ3v) is 12.6. The second-order valence-electron chi connectivity index (χ2n) is 16.8. The number of pyridine rings is 3. The summed E-state index contributed by atoms with van der Waals surface area (Å²) in [6.45, 7) is 0. The number of hydrogen-bond donors (Lipinski definition) is 0. The molecule has 0 spiro atoms. The summed E-state index contributed by atoms with van der Waals surface area (Å²) in [6, 6.07) is 59.9. The molecule has 0 aliphatic rings. The molecule has 16 radical (unpaired) electrons. The molecule has 294 valence electrons. The van der Waals surface area contributed by atoms with Crippen molar-refractivity contribution in [2.45, 2.75) is 20.9 Å². The van der Waals surface area contributed by atoms with Crippen LogP contribution in [0.4, 0.5) is 0 Å². The lowest BCUT2D eigenvalue weighted by Crippen LogP contribution is -2.53. The van der Waals surface area contributed by atoms with E-state index in [-0.39, 0.29) is 0 Å². The molecule has 0 aliphatic carbocycles. The van der Waals surface area contributed by atoms with Gasteiger partial charge in [0.25, 0.3) is 0 Å². The van der Waals surface area contributed by atoms with Crippen molar-refractivity contribution in [2.75, 3.05) is 0 Å². The van der Waals surface area contributed by atoms with E-state index in [2.05, 4.69) is 76.7 Å². The van der Waals surface area contributed by atoms with Crippen LogP contribution in [0.25, 0.3) is 66.9 Å². The van der Waals surface area contributed by atoms with Crippen LogP contribution in [0.3, 0.4) is 0 Å². The number of nitrogens with zero attached hydrogens (tertiary/aromatic N) is 3. The van der Waals surface area contributed by atoms with Crippen molar-refractivity contribution in [3.05, 3.63) is 235 Å². The third kappa shape index (κ3) is 8.37. The van der Waals surface area contributed by atoms with Crippen LogP contribution >= 0.6 is 0 Å².